The Labute approximate surface area is 84.9 Å². The van der Waals surface area contributed by atoms with Crippen molar-refractivity contribution < 1.29 is 0 Å². The minimum Gasteiger partial charge on any atom is -0.0669 e. The summed E-state index contributed by atoms with van der Waals surface area (Å²) < 4.78 is 0. The molecule has 1 heteroatoms. The molecule has 0 aliphatic heterocycles. The van der Waals surface area contributed by atoms with E-state index in [1.807, 2.05) is 0 Å². The lowest BCUT2D eigenvalue weighted by Gasteiger charge is -2.26. The molecule has 0 heterocycles. The van der Waals surface area contributed by atoms with Crippen LogP contribution in [0.15, 0.2) is 0 Å². The average Bonchev–Trinajstić information content (AvgIpc) is 2.02. The Kier molecular flexibility index (Phi) is 4.35. The molecule has 1 aliphatic rings. The standard InChI is InChI=1S/C12H25B/c1-11-7-4-3-5-9-12(2,13)10-6-8-11/h11H,3-10,13H2,1-2H3. The summed E-state index contributed by atoms with van der Waals surface area (Å²) in [5.74, 6) is 0.980. The van der Waals surface area contributed by atoms with Crippen LogP contribution in [0, 0.1) is 5.92 Å². The van der Waals surface area contributed by atoms with Gasteiger partial charge in [0.1, 0.15) is 7.85 Å². The Morgan fingerprint density at radius 1 is 1.00 bits per heavy atom. The van der Waals surface area contributed by atoms with E-state index >= 15 is 0 Å². The van der Waals surface area contributed by atoms with Crippen LogP contribution in [0.25, 0.3) is 0 Å². The maximum atomic E-state index is 2.44. The summed E-state index contributed by atoms with van der Waals surface area (Å²) in [7, 11) is 2.44. The molecule has 0 radical (unpaired) electrons. The maximum absolute atomic E-state index is 2.44. The predicted octanol–water partition coefficient (Wildman–Crippen LogP) is 3.57. The van der Waals surface area contributed by atoms with Gasteiger partial charge in [0.05, 0.1) is 0 Å². The molecule has 2 atom stereocenters. The zero-order valence-electron chi connectivity index (χ0n) is 9.73. The van der Waals surface area contributed by atoms with Crippen molar-refractivity contribution in [3.05, 3.63) is 0 Å². The van der Waals surface area contributed by atoms with Crippen LogP contribution in [-0.2, 0) is 0 Å². The smallest absolute Gasteiger partial charge is 0.0669 e. The lowest BCUT2D eigenvalue weighted by Crippen LogP contribution is -2.10. The molecular formula is C12H25B. The first-order valence-corrected chi connectivity index (χ1v) is 6.10. The van der Waals surface area contributed by atoms with Gasteiger partial charge in [-0.25, -0.2) is 0 Å². The Balaban J connectivity index is 2.35. The SMILES string of the molecule is BC1(C)CCCCCC(C)CCC1. The highest BCUT2D eigenvalue weighted by Crippen LogP contribution is 2.36. The first kappa shape index (κ1) is 11.1. The van der Waals surface area contributed by atoms with Crippen molar-refractivity contribution in [3.8, 4) is 0 Å². The number of hydrogen-bond donors (Lipinski definition) is 0. The van der Waals surface area contributed by atoms with E-state index in [4.69, 9.17) is 0 Å². The van der Waals surface area contributed by atoms with Gasteiger partial charge in [0.2, 0.25) is 0 Å². The molecule has 1 fully saturated rings. The fourth-order valence-electron chi connectivity index (χ4n) is 2.47. The molecule has 0 N–H and O–H groups in total. The van der Waals surface area contributed by atoms with E-state index in [0.29, 0.717) is 5.31 Å². The predicted molar refractivity (Wildman–Crippen MR) is 63.0 cm³/mol. The summed E-state index contributed by atoms with van der Waals surface area (Å²) in [4.78, 5) is 0. The van der Waals surface area contributed by atoms with Crippen molar-refractivity contribution in [1.82, 2.24) is 0 Å². The second kappa shape index (κ2) is 5.07. The number of hydrogen-bond acceptors (Lipinski definition) is 0. The van der Waals surface area contributed by atoms with Gasteiger partial charge in [-0.1, -0.05) is 70.5 Å². The third kappa shape index (κ3) is 4.74. The van der Waals surface area contributed by atoms with Crippen LogP contribution in [-0.4, -0.2) is 7.85 Å². The molecule has 0 nitrogen and oxygen atoms in total. The van der Waals surface area contributed by atoms with Crippen molar-refractivity contribution in [1.29, 1.82) is 0 Å². The molecule has 0 aromatic rings. The Bertz CT molecular complexity index is 140. The summed E-state index contributed by atoms with van der Waals surface area (Å²) in [6.45, 7) is 4.87. The lowest BCUT2D eigenvalue weighted by molar-refractivity contribution is 0.377. The molecule has 0 aromatic carbocycles. The highest BCUT2D eigenvalue weighted by atomic mass is 14.2. The second-order valence-electron chi connectivity index (χ2n) is 5.76. The zero-order chi connectivity index (χ0) is 9.73. The van der Waals surface area contributed by atoms with Gasteiger partial charge in [0.15, 0.2) is 0 Å². The fraction of sp³-hybridized carbons (Fsp3) is 1.00. The van der Waals surface area contributed by atoms with Crippen LogP contribution in [0.2, 0.25) is 5.31 Å². The molecular weight excluding hydrogens is 155 g/mol. The fourth-order valence-corrected chi connectivity index (χ4v) is 2.47. The van der Waals surface area contributed by atoms with E-state index in [9.17, 15) is 0 Å². The summed E-state index contributed by atoms with van der Waals surface area (Å²) in [5.41, 5.74) is 0. The first-order chi connectivity index (χ1) is 6.10. The maximum Gasteiger partial charge on any atom is 0.109 e. The quantitative estimate of drug-likeness (QED) is 0.500. The third-order valence-corrected chi connectivity index (χ3v) is 3.60. The van der Waals surface area contributed by atoms with Crippen LogP contribution in [0.4, 0.5) is 0 Å². The first-order valence-electron chi connectivity index (χ1n) is 6.10. The Morgan fingerprint density at radius 2 is 1.62 bits per heavy atom. The third-order valence-electron chi connectivity index (χ3n) is 3.60. The van der Waals surface area contributed by atoms with Crippen molar-refractivity contribution in [3.63, 3.8) is 0 Å². The highest BCUT2D eigenvalue weighted by Gasteiger charge is 2.18. The summed E-state index contributed by atoms with van der Waals surface area (Å²) in [6, 6.07) is 0. The largest absolute Gasteiger partial charge is 0.109 e. The van der Waals surface area contributed by atoms with E-state index in [2.05, 4.69) is 21.7 Å². The van der Waals surface area contributed by atoms with Gasteiger partial charge in [-0.2, -0.15) is 0 Å². The molecule has 13 heavy (non-hydrogen) atoms. The zero-order valence-corrected chi connectivity index (χ0v) is 9.73. The molecule has 1 aliphatic carbocycles. The van der Waals surface area contributed by atoms with Gasteiger partial charge < -0.3 is 0 Å². The van der Waals surface area contributed by atoms with Gasteiger partial charge in [-0.15, -0.1) is 0 Å². The van der Waals surface area contributed by atoms with Gasteiger partial charge in [-0.3, -0.25) is 0 Å². The van der Waals surface area contributed by atoms with Crippen molar-refractivity contribution >= 4 is 7.85 Å². The van der Waals surface area contributed by atoms with Crippen LogP contribution >= 0.6 is 0 Å². The molecule has 0 spiro atoms. The average molecular weight is 180 g/mol. The number of rotatable bonds is 0. The summed E-state index contributed by atoms with van der Waals surface area (Å²) in [6.07, 6.45) is 11.7. The highest BCUT2D eigenvalue weighted by molar-refractivity contribution is 6.14. The van der Waals surface area contributed by atoms with E-state index < -0.39 is 0 Å². The van der Waals surface area contributed by atoms with Gasteiger partial charge in [0, 0.05) is 0 Å². The lowest BCUT2D eigenvalue weighted by atomic mass is 9.64. The summed E-state index contributed by atoms with van der Waals surface area (Å²) >= 11 is 0. The van der Waals surface area contributed by atoms with Crippen LogP contribution in [0.5, 0.6) is 0 Å². The van der Waals surface area contributed by atoms with Crippen molar-refractivity contribution in [2.24, 2.45) is 5.92 Å². The molecule has 76 valence electrons. The Morgan fingerprint density at radius 3 is 2.38 bits per heavy atom. The van der Waals surface area contributed by atoms with Gasteiger partial charge in [0.25, 0.3) is 0 Å². The van der Waals surface area contributed by atoms with E-state index in [1.165, 1.54) is 51.4 Å². The monoisotopic (exact) mass is 180 g/mol. The van der Waals surface area contributed by atoms with Crippen LogP contribution in [0.3, 0.4) is 0 Å². The van der Waals surface area contributed by atoms with Crippen molar-refractivity contribution in [2.75, 3.05) is 0 Å². The molecule has 0 saturated heterocycles. The second-order valence-corrected chi connectivity index (χ2v) is 5.76. The van der Waals surface area contributed by atoms with Crippen molar-refractivity contribution in [2.45, 2.75) is 70.5 Å². The Hall–Kier alpha value is 0.0649. The van der Waals surface area contributed by atoms with Gasteiger partial charge in [-0.05, 0) is 5.92 Å². The van der Waals surface area contributed by atoms with Gasteiger partial charge >= 0.3 is 0 Å². The molecule has 0 aromatic heterocycles. The summed E-state index contributed by atoms with van der Waals surface area (Å²) in [5, 5.41) is 0.622. The molecule has 1 saturated carbocycles. The molecule has 0 amide bonds. The topological polar surface area (TPSA) is 0 Å². The van der Waals surface area contributed by atoms with E-state index in [1.54, 1.807) is 0 Å². The molecule has 0 bridgehead atoms. The minimum absolute atomic E-state index is 0.622. The van der Waals surface area contributed by atoms with E-state index in [0.717, 1.165) is 5.92 Å². The van der Waals surface area contributed by atoms with E-state index in [-0.39, 0.29) is 0 Å². The normalized spacial score (nSPS) is 38.5. The molecule has 1 rings (SSSR count). The van der Waals surface area contributed by atoms with Crippen LogP contribution in [0.1, 0.15) is 65.2 Å². The minimum atomic E-state index is 0.622. The van der Waals surface area contributed by atoms with Crippen LogP contribution < -0.4 is 0 Å². The molecule has 2 unspecified atom stereocenters.